The van der Waals surface area contributed by atoms with E-state index >= 15 is 0 Å². The third-order valence-corrected chi connectivity index (χ3v) is 2.13. The summed E-state index contributed by atoms with van der Waals surface area (Å²) in [5.74, 6) is 0. The molecule has 0 aliphatic rings. The van der Waals surface area contributed by atoms with Crippen LogP contribution in [0.15, 0.2) is 5.38 Å². The van der Waals surface area contributed by atoms with Crippen molar-refractivity contribution in [2.75, 3.05) is 0 Å². The van der Waals surface area contributed by atoms with Gasteiger partial charge >= 0.3 is 0 Å². The normalized spacial score (nSPS) is 13.5. The Morgan fingerprint density at radius 3 is 2.90 bits per heavy atom. The zero-order chi connectivity index (χ0) is 7.56. The Kier molecular flexibility index (Phi) is 2.40. The molecule has 1 aromatic heterocycles. The van der Waals surface area contributed by atoms with Crippen LogP contribution in [0, 0.1) is 6.92 Å². The molecule has 10 heavy (non-hydrogen) atoms. The molecule has 0 amide bonds. The fraction of sp³-hybridized carbons (Fsp3) is 0.571. The van der Waals surface area contributed by atoms with Gasteiger partial charge in [0.15, 0.2) is 0 Å². The molecule has 0 saturated heterocycles. The Bertz CT molecular complexity index is 207. The van der Waals surface area contributed by atoms with Gasteiger partial charge in [-0.1, -0.05) is 0 Å². The van der Waals surface area contributed by atoms with Crippen LogP contribution in [0.1, 0.15) is 17.6 Å². The van der Waals surface area contributed by atoms with Crippen molar-refractivity contribution >= 4 is 11.3 Å². The molecule has 1 atom stereocenters. The van der Waals surface area contributed by atoms with Gasteiger partial charge in [-0.05, 0) is 13.8 Å². The van der Waals surface area contributed by atoms with Crippen molar-refractivity contribution in [3.63, 3.8) is 0 Å². The molecule has 0 radical (unpaired) electrons. The molecule has 0 bridgehead atoms. The van der Waals surface area contributed by atoms with Crippen molar-refractivity contribution in [2.45, 2.75) is 26.4 Å². The van der Waals surface area contributed by atoms with E-state index in [0.717, 1.165) is 10.7 Å². The largest absolute Gasteiger partial charge is 0.393 e. The SMILES string of the molecule is Cc1csc(CC(C)O)n1. The molecule has 0 fully saturated rings. The molecule has 2 nitrogen and oxygen atoms in total. The van der Waals surface area contributed by atoms with Crippen molar-refractivity contribution in [2.24, 2.45) is 0 Å². The van der Waals surface area contributed by atoms with Crippen molar-refractivity contribution in [3.05, 3.63) is 16.1 Å². The van der Waals surface area contributed by atoms with Crippen LogP contribution in [0.4, 0.5) is 0 Å². The first-order valence-electron chi connectivity index (χ1n) is 3.27. The Hall–Kier alpha value is -0.410. The van der Waals surface area contributed by atoms with Crippen molar-refractivity contribution in [3.8, 4) is 0 Å². The lowest BCUT2D eigenvalue weighted by atomic mass is 10.3. The number of aliphatic hydroxyl groups is 1. The molecule has 1 unspecified atom stereocenters. The second-order valence-corrected chi connectivity index (χ2v) is 3.38. The highest BCUT2D eigenvalue weighted by Gasteiger charge is 2.01. The summed E-state index contributed by atoms with van der Waals surface area (Å²) in [6, 6.07) is 0. The average Bonchev–Trinajstić information content (AvgIpc) is 2.13. The smallest absolute Gasteiger partial charge is 0.0953 e. The van der Waals surface area contributed by atoms with E-state index < -0.39 is 0 Å². The molecular formula is C7H11NOS. The maximum absolute atomic E-state index is 8.98. The molecule has 0 aromatic carbocycles. The maximum Gasteiger partial charge on any atom is 0.0953 e. The van der Waals surface area contributed by atoms with Crippen molar-refractivity contribution in [1.29, 1.82) is 0 Å². The lowest BCUT2D eigenvalue weighted by Crippen LogP contribution is -2.03. The first kappa shape index (κ1) is 7.69. The van der Waals surface area contributed by atoms with Gasteiger partial charge < -0.3 is 5.11 Å². The molecule has 0 aliphatic carbocycles. The molecule has 0 aliphatic heterocycles. The van der Waals surface area contributed by atoms with E-state index in [1.54, 1.807) is 18.3 Å². The van der Waals surface area contributed by atoms with Crippen LogP contribution in [0.3, 0.4) is 0 Å². The molecule has 0 saturated carbocycles. The van der Waals surface area contributed by atoms with Gasteiger partial charge in [0.2, 0.25) is 0 Å². The Labute approximate surface area is 64.5 Å². The van der Waals surface area contributed by atoms with Gasteiger partial charge in [0, 0.05) is 17.5 Å². The number of thiazole rings is 1. The van der Waals surface area contributed by atoms with Gasteiger partial charge in [-0.25, -0.2) is 4.98 Å². The number of aromatic nitrogens is 1. The van der Waals surface area contributed by atoms with E-state index in [4.69, 9.17) is 5.11 Å². The van der Waals surface area contributed by atoms with Crippen LogP contribution < -0.4 is 0 Å². The molecule has 1 heterocycles. The minimum Gasteiger partial charge on any atom is -0.393 e. The predicted molar refractivity (Wildman–Crippen MR) is 42.2 cm³/mol. The van der Waals surface area contributed by atoms with Crippen LogP contribution in [-0.2, 0) is 6.42 Å². The van der Waals surface area contributed by atoms with Gasteiger partial charge in [0.1, 0.15) is 0 Å². The number of rotatable bonds is 2. The van der Waals surface area contributed by atoms with Crippen molar-refractivity contribution < 1.29 is 5.11 Å². The predicted octanol–water partition coefficient (Wildman–Crippen LogP) is 1.37. The molecule has 1 rings (SSSR count). The summed E-state index contributed by atoms with van der Waals surface area (Å²) < 4.78 is 0. The van der Waals surface area contributed by atoms with Crippen molar-refractivity contribution in [1.82, 2.24) is 4.98 Å². The topological polar surface area (TPSA) is 33.1 Å². The summed E-state index contributed by atoms with van der Waals surface area (Å²) in [5.41, 5.74) is 1.04. The third-order valence-electron chi connectivity index (χ3n) is 1.14. The van der Waals surface area contributed by atoms with E-state index in [1.807, 2.05) is 12.3 Å². The lowest BCUT2D eigenvalue weighted by molar-refractivity contribution is 0.195. The zero-order valence-corrected chi connectivity index (χ0v) is 6.98. The number of hydrogen-bond donors (Lipinski definition) is 1. The number of hydrogen-bond acceptors (Lipinski definition) is 3. The second kappa shape index (κ2) is 3.12. The second-order valence-electron chi connectivity index (χ2n) is 2.44. The van der Waals surface area contributed by atoms with Gasteiger partial charge in [-0.3, -0.25) is 0 Å². The molecule has 0 spiro atoms. The van der Waals surface area contributed by atoms with E-state index in [9.17, 15) is 0 Å². The number of aliphatic hydroxyl groups excluding tert-OH is 1. The van der Waals surface area contributed by atoms with Gasteiger partial charge in [-0.15, -0.1) is 11.3 Å². The van der Waals surface area contributed by atoms with Gasteiger partial charge in [0.05, 0.1) is 11.1 Å². The van der Waals surface area contributed by atoms with E-state index in [1.165, 1.54) is 0 Å². The van der Waals surface area contributed by atoms with E-state index in [2.05, 4.69) is 4.98 Å². The minimum absolute atomic E-state index is 0.273. The highest BCUT2D eigenvalue weighted by Crippen LogP contribution is 2.10. The fourth-order valence-electron chi connectivity index (χ4n) is 0.749. The fourth-order valence-corrected chi connectivity index (χ4v) is 1.64. The van der Waals surface area contributed by atoms with Gasteiger partial charge in [-0.2, -0.15) is 0 Å². The van der Waals surface area contributed by atoms with Crippen LogP contribution in [0.5, 0.6) is 0 Å². The van der Waals surface area contributed by atoms with Crippen LogP contribution in [0.2, 0.25) is 0 Å². The first-order chi connectivity index (χ1) is 4.68. The van der Waals surface area contributed by atoms with E-state index in [-0.39, 0.29) is 6.10 Å². The monoisotopic (exact) mass is 157 g/mol. The summed E-state index contributed by atoms with van der Waals surface area (Å²) in [5, 5.41) is 12.0. The third kappa shape index (κ3) is 2.08. The molecule has 1 N–H and O–H groups in total. The van der Waals surface area contributed by atoms with Crippen LogP contribution >= 0.6 is 11.3 Å². The van der Waals surface area contributed by atoms with Crippen LogP contribution in [0.25, 0.3) is 0 Å². The molecular weight excluding hydrogens is 146 g/mol. The zero-order valence-electron chi connectivity index (χ0n) is 6.16. The average molecular weight is 157 g/mol. The van der Waals surface area contributed by atoms with E-state index in [0.29, 0.717) is 6.42 Å². The maximum atomic E-state index is 8.98. The number of nitrogens with zero attached hydrogens (tertiary/aromatic N) is 1. The number of aryl methyl sites for hydroxylation is 1. The summed E-state index contributed by atoms with van der Waals surface area (Å²) in [6.07, 6.45) is 0.406. The first-order valence-corrected chi connectivity index (χ1v) is 4.15. The quantitative estimate of drug-likeness (QED) is 0.703. The Morgan fingerprint density at radius 1 is 1.80 bits per heavy atom. The van der Waals surface area contributed by atoms with Gasteiger partial charge in [0.25, 0.3) is 0 Å². The van der Waals surface area contributed by atoms with Crippen LogP contribution in [-0.4, -0.2) is 16.2 Å². The Balaban J connectivity index is 2.58. The molecule has 56 valence electrons. The highest BCUT2D eigenvalue weighted by molar-refractivity contribution is 7.09. The molecule has 3 heteroatoms. The lowest BCUT2D eigenvalue weighted by Gasteiger charge is -1.97. The summed E-state index contributed by atoms with van der Waals surface area (Å²) >= 11 is 1.61. The highest BCUT2D eigenvalue weighted by atomic mass is 32.1. The summed E-state index contributed by atoms with van der Waals surface area (Å²) in [4.78, 5) is 4.21. The summed E-state index contributed by atoms with van der Waals surface area (Å²) in [6.45, 7) is 3.73. The Morgan fingerprint density at radius 2 is 2.50 bits per heavy atom. The summed E-state index contributed by atoms with van der Waals surface area (Å²) in [7, 11) is 0. The standard InChI is InChI=1S/C7H11NOS/c1-5-4-10-7(8-5)3-6(2)9/h4,6,9H,3H2,1-2H3. The minimum atomic E-state index is -0.273. The molecule has 1 aromatic rings.